The van der Waals surface area contributed by atoms with Crippen LogP contribution in [0.3, 0.4) is 0 Å². The van der Waals surface area contributed by atoms with Crippen LogP contribution in [0.2, 0.25) is 0 Å². The van der Waals surface area contributed by atoms with E-state index in [2.05, 4.69) is 5.32 Å². The zero-order valence-corrected chi connectivity index (χ0v) is 19.3. The van der Waals surface area contributed by atoms with Gasteiger partial charge < -0.3 is 19.5 Å². The molecule has 174 valence electrons. The second-order valence-corrected chi connectivity index (χ2v) is 7.41. The summed E-state index contributed by atoms with van der Waals surface area (Å²) in [6.45, 7) is 4.67. The van der Waals surface area contributed by atoms with Crippen LogP contribution in [0.1, 0.15) is 19.4 Å². The molecule has 0 fully saturated rings. The summed E-state index contributed by atoms with van der Waals surface area (Å²) in [5, 5.41) is 3.16. The summed E-state index contributed by atoms with van der Waals surface area (Å²) < 4.78 is 16.5. The molecule has 1 aliphatic heterocycles. The number of nitrogens with zero attached hydrogens (tertiary/aromatic N) is 1. The molecule has 0 unspecified atom stereocenters. The van der Waals surface area contributed by atoms with Gasteiger partial charge in [0.05, 0.1) is 31.6 Å². The second kappa shape index (κ2) is 10.1. The van der Waals surface area contributed by atoms with E-state index >= 15 is 0 Å². The van der Waals surface area contributed by atoms with Crippen molar-refractivity contribution < 1.29 is 23.8 Å². The number of para-hydroxylation sites is 2. The summed E-state index contributed by atoms with van der Waals surface area (Å²) in [4.78, 5) is 28.5. The van der Waals surface area contributed by atoms with Gasteiger partial charge >= 0.3 is 0 Å². The maximum Gasteiger partial charge on any atom is 0.282 e. The molecule has 0 radical (unpaired) electrons. The number of nitrogens with one attached hydrogen (secondary N) is 1. The van der Waals surface area contributed by atoms with Crippen molar-refractivity contribution in [2.45, 2.75) is 13.8 Å². The molecule has 4 rings (SSSR count). The number of imide groups is 1. The number of hydrogen-bond donors (Lipinski definition) is 1. The van der Waals surface area contributed by atoms with E-state index < -0.39 is 11.8 Å². The van der Waals surface area contributed by atoms with Gasteiger partial charge in [0.25, 0.3) is 11.8 Å². The Balaban J connectivity index is 1.80. The molecule has 0 saturated carbocycles. The molecule has 0 bridgehead atoms. The highest BCUT2D eigenvalue weighted by Crippen LogP contribution is 2.38. The monoisotopic (exact) mass is 458 g/mol. The fourth-order valence-electron chi connectivity index (χ4n) is 3.78. The Morgan fingerprint density at radius 2 is 1.53 bits per heavy atom. The first-order valence-electron chi connectivity index (χ1n) is 11.1. The number of ether oxygens (including phenoxy) is 3. The molecule has 7 nitrogen and oxygen atoms in total. The number of benzene rings is 3. The highest BCUT2D eigenvalue weighted by Gasteiger charge is 2.41. The van der Waals surface area contributed by atoms with Gasteiger partial charge in [-0.3, -0.25) is 9.59 Å². The summed E-state index contributed by atoms with van der Waals surface area (Å²) in [5.41, 5.74) is 2.06. The number of anilines is 2. The van der Waals surface area contributed by atoms with Crippen LogP contribution in [0.5, 0.6) is 17.2 Å². The minimum Gasteiger partial charge on any atom is -0.497 e. The fourth-order valence-corrected chi connectivity index (χ4v) is 3.78. The van der Waals surface area contributed by atoms with Gasteiger partial charge in [0, 0.05) is 11.8 Å². The molecule has 0 saturated heterocycles. The van der Waals surface area contributed by atoms with Gasteiger partial charge in [0.1, 0.15) is 22.9 Å². The molecule has 3 aromatic rings. The average molecular weight is 459 g/mol. The molecular formula is C27H26N2O5. The lowest BCUT2D eigenvalue weighted by atomic mass is 10.0. The Morgan fingerprint density at radius 1 is 0.794 bits per heavy atom. The van der Waals surface area contributed by atoms with Gasteiger partial charge in [-0.05, 0) is 55.8 Å². The van der Waals surface area contributed by atoms with Crippen molar-refractivity contribution in [2.75, 3.05) is 30.5 Å². The minimum absolute atomic E-state index is 0.176. The summed E-state index contributed by atoms with van der Waals surface area (Å²) >= 11 is 0. The first kappa shape index (κ1) is 22.9. The molecule has 34 heavy (non-hydrogen) atoms. The predicted molar refractivity (Wildman–Crippen MR) is 131 cm³/mol. The Labute approximate surface area is 198 Å². The zero-order valence-electron chi connectivity index (χ0n) is 19.3. The number of carbonyl (C=O) groups excluding carboxylic acids is 2. The zero-order chi connectivity index (χ0) is 24.1. The van der Waals surface area contributed by atoms with E-state index in [9.17, 15) is 9.59 Å². The smallest absolute Gasteiger partial charge is 0.282 e. The summed E-state index contributed by atoms with van der Waals surface area (Å²) in [7, 11) is 1.57. The van der Waals surface area contributed by atoms with Crippen molar-refractivity contribution in [2.24, 2.45) is 0 Å². The second-order valence-electron chi connectivity index (χ2n) is 7.41. The van der Waals surface area contributed by atoms with E-state index in [-0.39, 0.29) is 11.3 Å². The highest BCUT2D eigenvalue weighted by atomic mass is 16.5. The van der Waals surface area contributed by atoms with Gasteiger partial charge in [-0.2, -0.15) is 0 Å². The number of carbonyl (C=O) groups is 2. The summed E-state index contributed by atoms with van der Waals surface area (Å²) in [6.07, 6.45) is 0. The van der Waals surface area contributed by atoms with Gasteiger partial charge in [-0.15, -0.1) is 0 Å². The Morgan fingerprint density at radius 3 is 2.24 bits per heavy atom. The topological polar surface area (TPSA) is 77.1 Å². The molecule has 0 spiro atoms. The van der Waals surface area contributed by atoms with Crippen molar-refractivity contribution in [3.05, 3.63) is 84.1 Å². The Kier molecular flexibility index (Phi) is 6.82. The molecule has 7 heteroatoms. The van der Waals surface area contributed by atoms with Crippen LogP contribution < -0.4 is 24.4 Å². The molecule has 0 aliphatic carbocycles. The van der Waals surface area contributed by atoms with E-state index in [4.69, 9.17) is 14.2 Å². The van der Waals surface area contributed by atoms with Crippen LogP contribution in [0.15, 0.2) is 78.5 Å². The number of methoxy groups -OCH3 is 1. The van der Waals surface area contributed by atoms with Crippen molar-refractivity contribution >= 4 is 28.8 Å². The summed E-state index contributed by atoms with van der Waals surface area (Å²) in [6, 6.07) is 21.3. The standard InChI is InChI=1S/C27H26N2O5/c1-4-33-21-10-8-9-19(17-21)28-25-24(18-13-15-20(32-3)16-14-18)26(30)29(27(25)31)22-11-6-7-12-23(22)34-5-2/h6-17,28H,4-5H2,1-3H3. The fraction of sp³-hybridized carbons (Fsp3) is 0.185. The van der Waals surface area contributed by atoms with E-state index in [0.717, 1.165) is 4.90 Å². The van der Waals surface area contributed by atoms with Gasteiger partial charge in [-0.1, -0.05) is 30.3 Å². The van der Waals surface area contributed by atoms with E-state index in [1.165, 1.54) is 0 Å². The normalized spacial score (nSPS) is 13.3. The third kappa shape index (κ3) is 4.45. The van der Waals surface area contributed by atoms with Crippen molar-refractivity contribution in [3.8, 4) is 17.2 Å². The Hall–Kier alpha value is -4.26. The first-order valence-corrected chi connectivity index (χ1v) is 11.1. The van der Waals surface area contributed by atoms with Crippen LogP contribution in [-0.2, 0) is 9.59 Å². The largest absolute Gasteiger partial charge is 0.497 e. The summed E-state index contributed by atoms with van der Waals surface area (Å²) in [5.74, 6) is 0.865. The van der Waals surface area contributed by atoms with Crippen molar-refractivity contribution in [3.63, 3.8) is 0 Å². The van der Waals surface area contributed by atoms with Crippen molar-refractivity contribution in [1.29, 1.82) is 0 Å². The molecule has 0 atom stereocenters. The van der Waals surface area contributed by atoms with E-state index in [1.54, 1.807) is 61.7 Å². The minimum atomic E-state index is -0.468. The molecule has 1 N–H and O–H groups in total. The van der Waals surface area contributed by atoms with Crippen LogP contribution >= 0.6 is 0 Å². The molecule has 1 aliphatic rings. The molecule has 3 aromatic carbocycles. The maximum atomic E-state index is 13.7. The predicted octanol–water partition coefficient (Wildman–Crippen LogP) is 4.89. The number of hydrogen-bond acceptors (Lipinski definition) is 6. The third-order valence-electron chi connectivity index (χ3n) is 5.28. The number of rotatable bonds is 9. The lowest BCUT2D eigenvalue weighted by Gasteiger charge is -2.19. The quantitative estimate of drug-likeness (QED) is 0.460. The SMILES string of the molecule is CCOc1cccc(NC2=C(c3ccc(OC)cc3)C(=O)N(c3ccccc3OCC)C2=O)c1. The molecule has 2 amide bonds. The van der Waals surface area contributed by atoms with Gasteiger partial charge in [0.2, 0.25) is 0 Å². The van der Waals surface area contributed by atoms with Crippen LogP contribution in [0.25, 0.3) is 5.57 Å². The average Bonchev–Trinajstić information content (AvgIpc) is 3.09. The van der Waals surface area contributed by atoms with Gasteiger partial charge in [0.15, 0.2) is 0 Å². The van der Waals surface area contributed by atoms with Crippen LogP contribution in [-0.4, -0.2) is 32.1 Å². The van der Waals surface area contributed by atoms with Crippen molar-refractivity contribution in [1.82, 2.24) is 0 Å². The van der Waals surface area contributed by atoms with Crippen LogP contribution in [0, 0.1) is 0 Å². The lowest BCUT2D eigenvalue weighted by Crippen LogP contribution is -2.32. The highest BCUT2D eigenvalue weighted by molar-refractivity contribution is 6.46. The van der Waals surface area contributed by atoms with E-state index in [0.29, 0.717) is 47.4 Å². The maximum absolute atomic E-state index is 13.7. The third-order valence-corrected chi connectivity index (χ3v) is 5.28. The van der Waals surface area contributed by atoms with E-state index in [1.807, 2.05) is 32.0 Å². The number of amides is 2. The first-order chi connectivity index (χ1) is 16.6. The van der Waals surface area contributed by atoms with Gasteiger partial charge in [-0.25, -0.2) is 4.90 Å². The Bertz CT molecular complexity index is 1230. The molecular weight excluding hydrogens is 432 g/mol. The lowest BCUT2D eigenvalue weighted by molar-refractivity contribution is -0.120. The molecule has 1 heterocycles. The van der Waals surface area contributed by atoms with Crippen LogP contribution in [0.4, 0.5) is 11.4 Å². The molecule has 0 aromatic heterocycles.